The summed E-state index contributed by atoms with van der Waals surface area (Å²) in [5.74, 6) is 0. The van der Waals surface area contributed by atoms with Crippen LogP contribution in [0.3, 0.4) is 0 Å². The van der Waals surface area contributed by atoms with Gasteiger partial charge in [0.1, 0.15) is 0 Å². The van der Waals surface area contributed by atoms with E-state index in [4.69, 9.17) is 17.3 Å². The molecule has 0 aliphatic heterocycles. The van der Waals surface area contributed by atoms with Gasteiger partial charge in [0.2, 0.25) is 0 Å². The monoisotopic (exact) mass is 222 g/mol. The summed E-state index contributed by atoms with van der Waals surface area (Å²) in [5.41, 5.74) is 9.27. The van der Waals surface area contributed by atoms with Crippen LogP contribution >= 0.6 is 11.6 Å². The molecule has 2 rings (SSSR count). The minimum absolute atomic E-state index is 0.634. The van der Waals surface area contributed by atoms with Gasteiger partial charge < -0.3 is 10.3 Å². The summed E-state index contributed by atoms with van der Waals surface area (Å²) >= 11 is 6.22. The molecule has 0 fully saturated rings. The standard InChI is InChI=1S/C12H15ClN2/c1-8-9(2)15(7-6-14)12-10(8)4-3-5-11(12)13/h3-5H,6-7,14H2,1-2H3. The third-order valence-electron chi connectivity index (χ3n) is 2.96. The van der Waals surface area contributed by atoms with Crippen LogP contribution in [0.5, 0.6) is 0 Å². The molecule has 80 valence electrons. The largest absolute Gasteiger partial charge is 0.342 e. The molecule has 0 saturated carbocycles. The number of aromatic nitrogens is 1. The number of para-hydroxylation sites is 1. The second-order valence-electron chi connectivity index (χ2n) is 3.79. The lowest BCUT2D eigenvalue weighted by atomic mass is 10.2. The van der Waals surface area contributed by atoms with Crippen molar-refractivity contribution in [2.75, 3.05) is 6.54 Å². The van der Waals surface area contributed by atoms with E-state index in [-0.39, 0.29) is 0 Å². The maximum absolute atomic E-state index is 6.22. The molecular formula is C12H15ClN2. The predicted octanol–water partition coefficient (Wildman–Crippen LogP) is 2.87. The van der Waals surface area contributed by atoms with Crippen molar-refractivity contribution in [1.82, 2.24) is 4.57 Å². The highest BCUT2D eigenvalue weighted by Gasteiger charge is 2.12. The van der Waals surface area contributed by atoms with E-state index >= 15 is 0 Å². The molecule has 0 radical (unpaired) electrons. The van der Waals surface area contributed by atoms with E-state index in [1.54, 1.807) is 0 Å². The molecule has 1 heterocycles. The van der Waals surface area contributed by atoms with Crippen molar-refractivity contribution < 1.29 is 0 Å². The number of rotatable bonds is 2. The van der Waals surface area contributed by atoms with E-state index in [9.17, 15) is 0 Å². The number of nitrogens with two attached hydrogens (primary N) is 1. The van der Waals surface area contributed by atoms with E-state index in [1.165, 1.54) is 16.6 Å². The van der Waals surface area contributed by atoms with Gasteiger partial charge in [-0.3, -0.25) is 0 Å². The van der Waals surface area contributed by atoms with Crippen LogP contribution in [0.25, 0.3) is 10.9 Å². The Labute approximate surface area is 94.6 Å². The molecule has 1 aromatic carbocycles. The Bertz CT molecular complexity index is 500. The highest BCUT2D eigenvalue weighted by molar-refractivity contribution is 6.35. The molecule has 0 unspecified atom stereocenters. The molecule has 0 aliphatic carbocycles. The van der Waals surface area contributed by atoms with Crippen molar-refractivity contribution >= 4 is 22.5 Å². The zero-order valence-corrected chi connectivity index (χ0v) is 9.80. The lowest BCUT2D eigenvalue weighted by Crippen LogP contribution is -2.11. The number of nitrogens with zero attached hydrogens (tertiary/aromatic N) is 1. The predicted molar refractivity (Wildman–Crippen MR) is 65.5 cm³/mol. The lowest BCUT2D eigenvalue weighted by molar-refractivity contribution is 0.713. The molecular weight excluding hydrogens is 208 g/mol. The van der Waals surface area contributed by atoms with E-state index in [0.717, 1.165) is 17.1 Å². The number of hydrogen-bond acceptors (Lipinski definition) is 1. The van der Waals surface area contributed by atoms with Crippen LogP contribution in [-0.2, 0) is 6.54 Å². The normalized spacial score (nSPS) is 11.2. The first kappa shape index (κ1) is 10.5. The van der Waals surface area contributed by atoms with Gasteiger partial charge in [-0.15, -0.1) is 0 Å². The number of aryl methyl sites for hydroxylation is 1. The molecule has 2 N–H and O–H groups in total. The second kappa shape index (κ2) is 3.87. The van der Waals surface area contributed by atoms with Gasteiger partial charge in [-0.25, -0.2) is 0 Å². The highest BCUT2D eigenvalue weighted by Crippen LogP contribution is 2.30. The summed E-state index contributed by atoms with van der Waals surface area (Å²) in [5, 5.41) is 2.03. The third-order valence-corrected chi connectivity index (χ3v) is 3.27. The molecule has 0 atom stereocenters. The Balaban J connectivity index is 2.82. The van der Waals surface area contributed by atoms with Crippen LogP contribution in [-0.4, -0.2) is 11.1 Å². The van der Waals surface area contributed by atoms with E-state index in [2.05, 4.69) is 24.5 Å². The Hall–Kier alpha value is -0.990. The van der Waals surface area contributed by atoms with Gasteiger partial charge in [-0.2, -0.15) is 0 Å². The highest BCUT2D eigenvalue weighted by atomic mass is 35.5. The molecule has 15 heavy (non-hydrogen) atoms. The number of hydrogen-bond donors (Lipinski definition) is 1. The first-order valence-corrected chi connectivity index (χ1v) is 5.48. The van der Waals surface area contributed by atoms with Gasteiger partial charge in [-0.1, -0.05) is 23.7 Å². The molecule has 2 nitrogen and oxygen atoms in total. The maximum atomic E-state index is 6.22. The Morgan fingerprint density at radius 3 is 2.73 bits per heavy atom. The Kier molecular flexibility index (Phi) is 2.72. The molecule has 0 aliphatic rings. The molecule has 3 heteroatoms. The first-order chi connectivity index (χ1) is 7.16. The fraction of sp³-hybridized carbons (Fsp3) is 0.333. The average Bonchev–Trinajstić information content (AvgIpc) is 2.46. The lowest BCUT2D eigenvalue weighted by Gasteiger charge is -2.07. The van der Waals surface area contributed by atoms with Crippen LogP contribution in [0.15, 0.2) is 18.2 Å². The summed E-state index contributed by atoms with van der Waals surface area (Å²) in [6.07, 6.45) is 0. The molecule has 0 amide bonds. The van der Waals surface area contributed by atoms with Gasteiger partial charge in [0.05, 0.1) is 10.5 Å². The Morgan fingerprint density at radius 2 is 2.07 bits per heavy atom. The number of benzene rings is 1. The van der Waals surface area contributed by atoms with Gasteiger partial charge in [-0.05, 0) is 25.5 Å². The van der Waals surface area contributed by atoms with Crippen LogP contribution in [0.4, 0.5) is 0 Å². The quantitative estimate of drug-likeness (QED) is 0.833. The zero-order valence-electron chi connectivity index (χ0n) is 9.05. The van der Waals surface area contributed by atoms with Crippen molar-refractivity contribution in [1.29, 1.82) is 0 Å². The van der Waals surface area contributed by atoms with Gasteiger partial charge >= 0.3 is 0 Å². The summed E-state index contributed by atoms with van der Waals surface area (Å²) in [4.78, 5) is 0. The van der Waals surface area contributed by atoms with Crippen molar-refractivity contribution in [2.45, 2.75) is 20.4 Å². The van der Waals surface area contributed by atoms with E-state index < -0.39 is 0 Å². The summed E-state index contributed by atoms with van der Waals surface area (Å²) in [7, 11) is 0. The zero-order chi connectivity index (χ0) is 11.0. The van der Waals surface area contributed by atoms with Crippen LogP contribution in [0.2, 0.25) is 5.02 Å². The summed E-state index contributed by atoms with van der Waals surface area (Å²) in [6, 6.07) is 6.02. The fourth-order valence-electron chi connectivity index (χ4n) is 2.07. The SMILES string of the molecule is Cc1c(C)n(CCN)c2c(Cl)cccc12. The van der Waals surface area contributed by atoms with Crippen molar-refractivity contribution in [2.24, 2.45) is 5.73 Å². The first-order valence-electron chi connectivity index (χ1n) is 5.10. The van der Waals surface area contributed by atoms with Gasteiger partial charge in [0.25, 0.3) is 0 Å². The van der Waals surface area contributed by atoms with Crippen molar-refractivity contribution in [3.63, 3.8) is 0 Å². The number of halogens is 1. The smallest absolute Gasteiger partial charge is 0.0674 e. The van der Waals surface area contributed by atoms with Gasteiger partial charge in [0, 0.05) is 24.2 Å². The average molecular weight is 223 g/mol. The topological polar surface area (TPSA) is 30.9 Å². The molecule has 2 aromatic rings. The summed E-state index contributed by atoms with van der Waals surface area (Å²) in [6.45, 7) is 5.69. The third kappa shape index (κ3) is 1.54. The second-order valence-corrected chi connectivity index (χ2v) is 4.19. The van der Waals surface area contributed by atoms with Crippen molar-refractivity contribution in [3.05, 3.63) is 34.5 Å². The van der Waals surface area contributed by atoms with Gasteiger partial charge in [0.15, 0.2) is 0 Å². The fourth-order valence-corrected chi connectivity index (χ4v) is 2.34. The molecule has 0 spiro atoms. The maximum Gasteiger partial charge on any atom is 0.0674 e. The Morgan fingerprint density at radius 1 is 1.33 bits per heavy atom. The number of fused-ring (bicyclic) bond motifs is 1. The minimum atomic E-state index is 0.634. The molecule has 1 aromatic heterocycles. The summed E-state index contributed by atoms with van der Waals surface area (Å²) < 4.78 is 2.20. The van der Waals surface area contributed by atoms with E-state index in [1.807, 2.05) is 12.1 Å². The minimum Gasteiger partial charge on any atom is -0.342 e. The van der Waals surface area contributed by atoms with Crippen LogP contribution < -0.4 is 5.73 Å². The van der Waals surface area contributed by atoms with Crippen LogP contribution in [0, 0.1) is 13.8 Å². The van der Waals surface area contributed by atoms with Crippen molar-refractivity contribution in [3.8, 4) is 0 Å². The molecule has 0 bridgehead atoms. The van der Waals surface area contributed by atoms with E-state index in [0.29, 0.717) is 6.54 Å². The van der Waals surface area contributed by atoms with Crippen LogP contribution in [0.1, 0.15) is 11.3 Å². The molecule has 0 saturated heterocycles.